The van der Waals surface area contributed by atoms with Crippen molar-refractivity contribution in [2.45, 2.75) is 44.2 Å². The second kappa shape index (κ2) is 13.4. The molecule has 4 aromatic rings. The molecule has 1 fully saturated rings. The second-order valence-corrected chi connectivity index (χ2v) is 14.0. The number of anilines is 1. The van der Waals surface area contributed by atoms with E-state index < -0.39 is 32.8 Å². The molecule has 1 N–H and O–H groups in total. The number of piperazine rings is 1. The monoisotopic (exact) mass is 647 g/mol. The summed E-state index contributed by atoms with van der Waals surface area (Å²) in [4.78, 5) is 40.4. The van der Waals surface area contributed by atoms with Crippen LogP contribution in [0.2, 0.25) is 0 Å². The predicted octanol–water partition coefficient (Wildman–Crippen LogP) is 4.98. The summed E-state index contributed by atoms with van der Waals surface area (Å²) >= 11 is 0. The maximum Gasteiger partial charge on any atom is 0.410 e. The van der Waals surface area contributed by atoms with Crippen LogP contribution in [0.1, 0.15) is 42.5 Å². The Bertz CT molecular complexity index is 1890. The van der Waals surface area contributed by atoms with Gasteiger partial charge in [-0.1, -0.05) is 48.5 Å². The van der Waals surface area contributed by atoms with Gasteiger partial charge in [0.15, 0.2) is 5.43 Å². The van der Waals surface area contributed by atoms with Crippen molar-refractivity contribution in [3.63, 3.8) is 0 Å². The van der Waals surface area contributed by atoms with Crippen LogP contribution in [0.3, 0.4) is 0 Å². The summed E-state index contributed by atoms with van der Waals surface area (Å²) < 4.78 is 40.7. The number of benzene rings is 3. The van der Waals surface area contributed by atoms with Crippen molar-refractivity contribution in [2.24, 2.45) is 0 Å². The molecule has 0 atom stereocenters. The van der Waals surface area contributed by atoms with Gasteiger partial charge in [0.1, 0.15) is 11.2 Å². The molecule has 46 heavy (non-hydrogen) atoms. The molecule has 1 saturated heterocycles. The third kappa shape index (κ3) is 7.57. The Kier molecular flexibility index (Phi) is 9.50. The lowest BCUT2D eigenvalue weighted by molar-refractivity contribution is 0.0240. The largest absolute Gasteiger partial charge is 0.475 e. The first kappa shape index (κ1) is 32.7. The molecule has 0 radical (unpaired) electrons. The number of sulfonamides is 1. The summed E-state index contributed by atoms with van der Waals surface area (Å²) in [6, 6.07) is 21.9. The fourth-order valence-electron chi connectivity index (χ4n) is 5.33. The number of hydrogen-bond donors (Lipinski definition) is 1. The van der Waals surface area contributed by atoms with Crippen molar-refractivity contribution in [1.82, 2.24) is 9.21 Å². The standard InChI is InChI=1S/C34H37N3O8S/c1-34(2,3)45-33(41)36-19-17-35(18-20-36)28-12-8-7-11-25(28)23-37(16-15-24-9-5-4-6-10-24)46(42,43)26-13-14-30-27(21-26)29(38)22-31(44-30)32(39)40/h4-14,21-22H,15-20,23H2,1-3H3,(H,39,40). The highest BCUT2D eigenvalue weighted by molar-refractivity contribution is 7.89. The van der Waals surface area contributed by atoms with Crippen molar-refractivity contribution < 1.29 is 32.3 Å². The van der Waals surface area contributed by atoms with Crippen LogP contribution in [-0.2, 0) is 27.7 Å². The quantitative estimate of drug-likeness (QED) is 0.267. The van der Waals surface area contributed by atoms with Crippen LogP contribution in [0.5, 0.6) is 0 Å². The zero-order chi connectivity index (χ0) is 33.1. The van der Waals surface area contributed by atoms with Gasteiger partial charge in [-0.15, -0.1) is 0 Å². The van der Waals surface area contributed by atoms with Gasteiger partial charge in [-0.2, -0.15) is 4.31 Å². The van der Waals surface area contributed by atoms with Gasteiger partial charge in [-0.05, 0) is 62.6 Å². The Morgan fingerprint density at radius 2 is 1.61 bits per heavy atom. The molecule has 12 heteroatoms. The number of para-hydroxylation sites is 1. The van der Waals surface area contributed by atoms with Crippen molar-refractivity contribution >= 4 is 38.7 Å². The minimum absolute atomic E-state index is 0.0180. The molecule has 1 aliphatic rings. The summed E-state index contributed by atoms with van der Waals surface area (Å²) in [6.07, 6.45) is 0.0938. The van der Waals surface area contributed by atoms with E-state index >= 15 is 0 Å². The zero-order valence-electron chi connectivity index (χ0n) is 26.0. The number of carbonyl (C=O) groups is 2. The smallest absolute Gasteiger partial charge is 0.410 e. The Morgan fingerprint density at radius 1 is 0.935 bits per heavy atom. The van der Waals surface area contributed by atoms with Gasteiger partial charge in [-0.25, -0.2) is 18.0 Å². The van der Waals surface area contributed by atoms with E-state index in [-0.39, 0.29) is 35.0 Å². The molecule has 3 aromatic carbocycles. The number of carbonyl (C=O) groups excluding carboxylic acids is 1. The number of ether oxygens (including phenoxy) is 1. The molecule has 2 heterocycles. The van der Waals surface area contributed by atoms with Gasteiger partial charge < -0.3 is 24.1 Å². The van der Waals surface area contributed by atoms with E-state index in [1.807, 2.05) is 75.4 Å². The first-order valence-electron chi connectivity index (χ1n) is 15.0. The summed E-state index contributed by atoms with van der Waals surface area (Å²) in [6.45, 7) is 7.73. The number of rotatable bonds is 9. The van der Waals surface area contributed by atoms with Crippen LogP contribution in [0.4, 0.5) is 10.5 Å². The predicted molar refractivity (Wildman–Crippen MR) is 174 cm³/mol. The van der Waals surface area contributed by atoms with Gasteiger partial charge >= 0.3 is 12.1 Å². The van der Waals surface area contributed by atoms with E-state index in [0.29, 0.717) is 32.6 Å². The first-order chi connectivity index (χ1) is 21.8. The molecule has 11 nitrogen and oxygen atoms in total. The van der Waals surface area contributed by atoms with Gasteiger partial charge in [-0.3, -0.25) is 4.79 Å². The molecular formula is C34H37N3O8S. The summed E-state index contributed by atoms with van der Waals surface area (Å²) in [7, 11) is -4.14. The number of fused-ring (bicyclic) bond motifs is 1. The molecule has 0 saturated carbocycles. The van der Waals surface area contributed by atoms with Crippen LogP contribution in [-0.4, -0.2) is 73.1 Å². The van der Waals surface area contributed by atoms with Crippen molar-refractivity contribution in [1.29, 1.82) is 0 Å². The number of carboxylic acids is 1. The molecule has 0 aliphatic carbocycles. The highest BCUT2D eigenvalue weighted by atomic mass is 32.2. The fourth-order valence-corrected chi connectivity index (χ4v) is 6.78. The van der Waals surface area contributed by atoms with Crippen LogP contribution < -0.4 is 10.3 Å². The van der Waals surface area contributed by atoms with E-state index in [0.717, 1.165) is 22.9 Å². The minimum Gasteiger partial charge on any atom is -0.475 e. The SMILES string of the molecule is CC(C)(C)OC(=O)N1CCN(c2ccccc2CN(CCc2ccccc2)S(=O)(=O)c2ccc3oc(C(=O)O)cc(=O)c3c2)CC1. The number of hydrogen-bond acceptors (Lipinski definition) is 8. The van der Waals surface area contributed by atoms with Crippen molar-refractivity contribution in [3.05, 3.63) is 106 Å². The molecule has 0 unspecified atom stereocenters. The normalized spacial score (nSPS) is 14.1. The third-order valence-corrected chi connectivity index (χ3v) is 9.49. The number of aromatic carboxylic acids is 1. The van der Waals surface area contributed by atoms with E-state index in [4.69, 9.17) is 9.15 Å². The molecule has 1 aromatic heterocycles. The lowest BCUT2D eigenvalue weighted by atomic mass is 10.1. The third-order valence-electron chi connectivity index (χ3n) is 7.65. The van der Waals surface area contributed by atoms with Crippen LogP contribution in [0, 0.1) is 0 Å². The highest BCUT2D eigenvalue weighted by Gasteiger charge is 2.29. The van der Waals surface area contributed by atoms with Gasteiger partial charge in [0.25, 0.3) is 0 Å². The Morgan fingerprint density at radius 3 is 2.28 bits per heavy atom. The first-order valence-corrected chi connectivity index (χ1v) is 16.4. The van der Waals surface area contributed by atoms with E-state index in [1.54, 1.807) is 4.90 Å². The molecule has 1 amide bonds. The highest BCUT2D eigenvalue weighted by Crippen LogP contribution is 2.28. The summed E-state index contributed by atoms with van der Waals surface area (Å²) in [5.74, 6) is -1.92. The molecule has 5 rings (SSSR count). The lowest BCUT2D eigenvalue weighted by Gasteiger charge is -2.38. The van der Waals surface area contributed by atoms with E-state index in [1.165, 1.54) is 22.5 Å². The topological polar surface area (TPSA) is 138 Å². The minimum atomic E-state index is -4.14. The Balaban J connectivity index is 1.44. The van der Waals surface area contributed by atoms with E-state index in [2.05, 4.69) is 4.90 Å². The second-order valence-electron chi connectivity index (χ2n) is 12.1. The Hall–Kier alpha value is -4.68. The molecular weight excluding hydrogens is 610 g/mol. The average molecular weight is 648 g/mol. The van der Waals surface area contributed by atoms with Crippen LogP contribution >= 0.6 is 0 Å². The maximum absolute atomic E-state index is 14.2. The summed E-state index contributed by atoms with van der Waals surface area (Å²) in [5, 5.41) is 9.22. The van der Waals surface area contributed by atoms with Crippen LogP contribution in [0.25, 0.3) is 11.0 Å². The fraction of sp³-hybridized carbons (Fsp3) is 0.324. The number of carboxylic acid groups (broad SMARTS) is 1. The van der Waals surface area contributed by atoms with Crippen LogP contribution in [0.15, 0.2) is 93.0 Å². The maximum atomic E-state index is 14.2. The van der Waals surface area contributed by atoms with Crippen molar-refractivity contribution in [2.75, 3.05) is 37.6 Å². The van der Waals surface area contributed by atoms with Gasteiger partial charge in [0.2, 0.25) is 15.8 Å². The lowest BCUT2D eigenvalue weighted by Crippen LogP contribution is -2.50. The van der Waals surface area contributed by atoms with Crippen molar-refractivity contribution in [3.8, 4) is 0 Å². The molecule has 1 aliphatic heterocycles. The molecule has 242 valence electrons. The Labute approximate surface area is 267 Å². The van der Waals surface area contributed by atoms with Gasteiger partial charge in [0, 0.05) is 51.0 Å². The number of nitrogens with zero attached hydrogens (tertiary/aromatic N) is 3. The van der Waals surface area contributed by atoms with Gasteiger partial charge in [0.05, 0.1) is 10.3 Å². The average Bonchev–Trinajstić information content (AvgIpc) is 3.02. The number of amides is 1. The van der Waals surface area contributed by atoms with E-state index in [9.17, 15) is 27.9 Å². The molecule has 0 bridgehead atoms. The zero-order valence-corrected chi connectivity index (χ0v) is 26.8. The summed E-state index contributed by atoms with van der Waals surface area (Å²) in [5.41, 5.74) is 1.36. The molecule has 0 spiro atoms.